The molecule has 7 nitrogen and oxygen atoms in total. The number of H-pyrrole nitrogens is 1. The Morgan fingerprint density at radius 1 is 1.33 bits per heavy atom. The van der Waals surface area contributed by atoms with E-state index in [9.17, 15) is 14.4 Å². The minimum atomic E-state index is -0.650. The number of carbonyl (C=O) groups is 1. The Kier molecular flexibility index (Phi) is 4.13. The fraction of sp³-hybridized carbons (Fsp3) is 0.125. The van der Waals surface area contributed by atoms with Gasteiger partial charge in [-0.3, -0.25) is 14.2 Å². The highest BCUT2D eigenvalue weighted by Gasteiger charge is 2.13. The number of anilines is 1. The lowest BCUT2D eigenvalue weighted by molar-refractivity contribution is 0.102. The summed E-state index contributed by atoms with van der Waals surface area (Å²) in [6, 6.07) is 7.19. The lowest BCUT2D eigenvalue weighted by Gasteiger charge is -2.07. The summed E-state index contributed by atoms with van der Waals surface area (Å²) in [6.07, 6.45) is 1.12. The summed E-state index contributed by atoms with van der Waals surface area (Å²) in [6.45, 7) is 1.92. The zero-order chi connectivity index (χ0) is 17.3. The van der Waals surface area contributed by atoms with Gasteiger partial charge >= 0.3 is 5.69 Å². The van der Waals surface area contributed by atoms with E-state index in [1.54, 1.807) is 29.5 Å². The van der Waals surface area contributed by atoms with Gasteiger partial charge in [-0.15, -0.1) is 11.3 Å². The van der Waals surface area contributed by atoms with E-state index in [0.717, 1.165) is 27.0 Å². The van der Waals surface area contributed by atoms with E-state index in [1.165, 1.54) is 7.05 Å². The van der Waals surface area contributed by atoms with Gasteiger partial charge in [-0.2, -0.15) is 0 Å². The Morgan fingerprint density at radius 2 is 2.12 bits per heavy atom. The second-order valence-electron chi connectivity index (χ2n) is 5.16. The topological polar surface area (TPSA) is 96.8 Å². The molecule has 3 rings (SSSR count). The number of nitrogens with one attached hydrogen (secondary N) is 2. The number of rotatable bonds is 3. The number of aromatic amines is 1. The average molecular weight is 342 g/mol. The number of carbonyl (C=O) groups excluding carboxylic acids is 1. The molecule has 0 saturated carbocycles. The molecule has 2 aromatic heterocycles. The van der Waals surface area contributed by atoms with Crippen LogP contribution in [-0.4, -0.2) is 20.4 Å². The summed E-state index contributed by atoms with van der Waals surface area (Å²) in [5.41, 5.74) is 0.878. The number of amides is 1. The van der Waals surface area contributed by atoms with Crippen LogP contribution in [0.5, 0.6) is 0 Å². The summed E-state index contributed by atoms with van der Waals surface area (Å²) in [4.78, 5) is 42.4. The molecule has 0 aliphatic rings. The van der Waals surface area contributed by atoms with Crippen molar-refractivity contribution in [3.05, 3.63) is 67.3 Å². The SMILES string of the molecule is Cc1nc(-c2cccc(NC(=O)c3c[nH]c(=O)n(C)c3=O)c2)cs1. The van der Waals surface area contributed by atoms with E-state index in [1.807, 2.05) is 18.4 Å². The molecule has 0 atom stereocenters. The van der Waals surface area contributed by atoms with E-state index in [2.05, 4.69) is 15.3 Å². The van der Waals surface area contributed by atoms with Crippen molar-refractivity contribution in [2.45, 2.75) is 6.92 Å². The molecule has 1 aromatic carbocycles. The number of hydrogen-bond donors (Lipinski definition) is 2. The molecule has 24 heavy (non-hydrogen) atoms. The molecule has 1 amide bonds. The van der Waals surface area contributed by atoms with Gasteiger partial charge in [0.05, 0.1) is 10.7 Å². The van der Waals surface area contributed by atoms with Crippen molar-refractivity contribution >= 4 is 22.9 Å². The predicted octanol–water partition coefficient (Wildman–Crippen LogP) is 1.76. The van der Waals surface area contributed by atoms with Crippen LogP contribution in [0.2, 0.25) is 0 Å². The summed E-state index contributed by atoms with van der Waals surface area (Å²) >= 11 is 1.54. The van der Waals surface area contributed by atoms with Crippen molar-refractivity contribution in [1.29, 1.82) is 0 Å². The lowest BCUT2D eigenvalue weighted by Crippen LogP contribution is -2.37. The first-order valence-electron chi connectivity index (χ1n) is 7.08. The third-order valence-electron chi connectivity index (χ3n) is 3.46. The van der Waals surface area contributed by atoms with E-state index in [0.29, 0.717) is 5.69 Å². The van der Waals surface area contributed by atoms with E-state index < -0.39 is 17.2 Å². The maximum atomic E-state index is 12.3. The van der Waals surface area contributed by atoms with Crippen LogP contribution in [-0.2, 0) is 7.05 Å². The van der Waals surface area contributed by atoms with Gasteiger partial charge in [0.15, 0.2) is 0 Å². The number of benzene rings is 1. The monoisotopic (exact) mass is 342 g/mol. The van der Waals surface area contributed by atoms with Gasteiger partial charge in [0.25, 0.3) is 11.5 Å². The van der Waals surface area contributed by atoms with Gasteiger partial charge in [0, 0.05) is 29.9 Å². The Balaban J connectivity index is 1.89. The number of nitrogens with zero attached hydrogens (tertiary/aromatic N) is 2. The van der Waals surface area contributed by atoms with Crippen molar-refractivity contribution in [3.8, 4) is 11.3 Å². The minimum absolute atomic E-state index is 0.132. The fourth-order valence-corrected chi connectivity index (χ4v) is 2.80. The maximum absolute atomic E-state index is 12.3. The van der Waals surface area contributed by atoms with Crippen molar-refractivity contribution in [2.75, 3.05) is 5.32 Å². The van der Waals surface area contributed by atoms with Crippen LogP contribution in [0.4, 0.5) is 5.69 Å². The van der Waals surface area contributed by atoms with Crippen LogP contribution < -0.4 is 16.6 Å². The lowest BCUT2D eigenvalue weighted by atomic mass is 10.1. The smallest absolute Gasteiger partial charge is 0.322 e. The van der Waals surface area contributed by atoms with Crippen molar-refractivity contribution in [1.82, 2.24) is 14.5 Å². The van der Waals surface area contributed by atoms with E-state index in [-0.39, 0.29) is 5.56 Å². The second kappa shape index (κ2) is 6.25. The van der Waals surface area contributed by atoms with E-state index in [4.69, 9.17) is 0 Å². The van der Waals surface area contributed by atoms with Gasteiger partial charge in [-0.1, -0.05) is 12.1 Å². The highest BCUT2D eigenvalue weighted by atomic mass is 32.1. The molecule has 0 radical (unpaired) electrons. The van der Waals surface area contributed by atoms with Crippen LogP contribution in [0.15, 0.2) is 45.4 Å². The first kappa shape index (κ1) is 15.9. The molecular weight excluding hydrogens is 328 g/mol. The molecule has 0 unspecified atom stereocenters. The zero-order valence-electron chi connectivity index (χ0n) is 13.0. The van der Waals surface area contributed by atoms with Crippen LogP contribution >= 0.6 is 11.3 Å². The molecule has 0 bridgehead atoms. The molecular formula is C16H14N4O3S. The van der Waals surface area contributed by atoms with Gasteiger partial charge in [0.2, 0.25) is 0 Å². The quantitative estimate of drug-likeness (QED) is 0.758. The summed E-state index contributed by atoms with van der Waals surface area (Å²) in [5.74, 6) is -0.585. The number of aromatic nitrogens is 3. The third kappa shape index (κ3) is 3.04. The average Bonchev–Trinajstić information content (AvgIpc) is 2.99. The third-order valence-corrected chi connectivity index (χ3v) is 4.23. The minimum Gasteiger partial charge on any atom is -0.322 e. The van der Waals surface area contributed by atoms with Crippen LogP contribution in [0.1, 0.15) is 15.4 Å². The molecule has 2 N–H and O–H groups in total. The van der Waals surface area contributed by atoms with Crippen LogP contribution in [0.3, 0.4) is 0 Å². The molecule has 0 aliphatic heterocycles. The van der Waals surface area contributed by atoms with Gasteiger partial charge < -0.3 is 10.3 Å². The van der Waals surface area contributed by atoms with E-state index >= 15 is 0 Å². The Morgan fingerprint density at radius 3 is 2.83 bits per heavy atom. The largest absolute Gasteiger partial charge is 0.328 e. The Labute approximate surface area is 140 Å². The molecule has 0 saturated heterocycles. The molecule has 2 heterocycles. The summed E-state index contributed by atoms with van der Waals surface area (Å²) < 4.78 is 0.851. The van der Waals surface area contributed by atoms with Crippen molar-refractivity contribution in [3.63, 3.8) is 0 Å². The molecule has 122 valence electrons. The van der Waals surface area contributed by atoms with Gasteiger partial charge in [0.1, 0.15) is 5.56 Å². The standard InChI is InChI=1S/C16H14N4O3S/c1-9-18-13(8-24-9)10-4-3-5-11(6-10)19-14(21)12-7-17-16(23)20(2)15(12)22/h3-8H,1-2H3,(H,17,23)(H,19,21). The van der Waals surface area contributed by atoms with Crippen LogP contribution in [0.25, 0.3) is 11.3 Å². The second-order valence-corrected chi connectivity index (χ2v) is 6.22. The number of aryl methyl sites for hydroxylation is 1. The Bertz CT molecular complexity index is 1030. The normalized spacial score (nSPS) is 10.6. The van der Waals surface area contributed by atoms with Gasteiger partial charge in [-0.25, -0.2) is 9.78 Å². The fourth-order valence-electron chi connectivity index (χ4n) is 2.18. The number of thiazole rings is 1. The maximum Gasteiger partial charge on any atom is 0.328 e. The van der Waals surface area contributed by atoms with Crippen LogP contribution in [0, 0.1) is 6.92 Å². The molecule has 0 spiro atoms. The first-order chi connectivity index (χ1) is 11.5. The predicted molar refractivity (Wildman–Crippen MR) is 92.5 cm³/mol. The zero-order valence-corrected chi connectivity index (χ0v) is 13.8. The highest BCUT2D eigenvalue weighted by Crippen LogP contribution is 2.24. The van der Waals surface area contributed by atoms with Gasteiger partial charge in [-0.05, 0) is 19.1 Å². The molecule has 0 aliphatic carbocycles. The summed E-state index contributed by atoms with van der Waals surface area (Å²) in [5, 5.41) is 5.56. The molecule has 8 heteroatoms. The van der Waals surface area contributed by atoms with Crippen molar-refractivity contribution < 1.29 is 4.79 Å². The number of hydrogen-bond acceptors (Lipinski definition) is 5. The molecule has 3 aromatic rings. The summed E-state index contributed by atoms with van der Waals surface area (Å²) in [7, 11) is 1.31. The van der Waals surface area contributed by atoms with Crippen molar-refractivity contribution in [2.24, 2.45) is 7.05 Å². The molecule has 0 fully saturated rings. The highest BCUT2D eigenvalue weighted by molar-refractivity contribution is 7.09. The Hall–Kier alpha value is -3.00. The first-order valence-corrected chi connectivity index (χ1v) is 7.96.